The van der Waals surface area contributed by atoms with Crippen molar-refractivity contribution in [2.45, 2.75) is 50.8 Å². The minimum atomic E-state index is -0.234. The molecule has 0 aliphatic rings. The van der Waals surface area contributed by atoms with Gasteiger partial charge in [0.2, 0.25) is 5.13 Å². The van der Waals surface area contributed by atoms with Gasteiger partial charge in [-0.3, -0.25) is 10.1 Å². The molecule has 0 spiro atoms. The fourth-order valence-electron chi connectivity index (χ4n) is 2.42. The van der Waals surface area contributed by atoms with Crippen LogP contribution in [0.25, 0.3) is 0 Å². The Balaban J connectivity index is 1.69. The molecule has 1 amide bonds. The predicted octanol–water partition coefficient (Wildman–Crippen LogP) is 4.43. The maximum Gasteiger partial charge on any atom is 0.260 e. The lowest BCUT2D eigenvalue weighted by atomic mass is 10.2. The first-order valence-electron chi connectivity index (χ1n) is 8.71. The van der Waals surface area contributed by atoms with Crippen molar-refractivity contribution in [3.05, 3.63) is 45.9 Å². The zero-order valence-corrected chi connectivity index (χ0v) is 17.1. The molecule has 0 atom stereocenters. The maximum absolute atomic E-state index is 12.7. The number of hydrogen-bond donors (Lipinski definition) is 1. The van der Waals surface area contributed by atoms with E-state index in [1.54, 1.807) is 18.3 Å². The smallest absolute Gasteiger partial charge is 0.260 e. The number of anilines is 1. The quantitative estimate of drug-likeness (QED) is 0.556. The summed E-state index contributed by atoms with van der Waals surface area (Å²) in [6.07, 6.45) is 4.73. The van der Waals surface area contributed by atoms with E-state index in [4.69, 9.17) is 4.52 Å². The summed E-state index contributed by atoms with van der Waals surface area (Å²) in [7, 11) is 0. The summed E-state index contributed by atoms with van der Waals surface area (Å²) in [6, 6.07) is 3.51. The van der Waals surface area contributed by atoms with Gasteiger partial charge in [-0.2, -0.15) is 0 Å². The third-order valence-electron chi connectivity index (χ3n) is 3.98. The molecule has 142 valence electrons. The molecule has 0 aliphatic heterocycles. The highest BCUT2D eigenvalue weighted by Crippen LogP contribution is 2.28. The van der Waals surface area contributed by atoms with E-state index < -0.39 is 0 Å². The standard InChI is InChI=1S/C18H21N5O2S2/c1-4-5-8-15-21-22-18(27-15)20-16(24)13-7-6-9-19-17(13)26-10-14-11(2)23-25-12(14)3/h6-7,9H,4-5,8,10H2,1-3H3,(H,20,22,24). The molecule has 3 aromatic heterocycles. The zero-order chi connectivity index (χ0) is 19.2. The third-order valence-corrected chi connectivity index (χ3v) is 5.91. The van der Waals surface area contributed by atoms with Crippen LogP contribution >= 0.6 is 23.1 Å². The summed E-state index contributed by atoms with van der Waals surface area (Å²) >= 11 is 2.90. The Labute approximate surface area is 166 Å². The van der Waals surface area contributed by atoms with Crippen molar-refractivity contribution in [1.82, 2.24) is 20.3 Å². The van der Waals surface area contributed by atoms with Crippen molar-refractivity contribution in [2.24, 2.45) is 0 Å². The number of unbranched alkanes of at least 4 members (excludes halogenated alkanes) is 1. The largest absolute Gasteiger partial charge is 0.361 e. The van der Waals surface area contributed by atoms with Crippen LogP contribution in [-0.4, -0.2) is 26.2 Å². The van der Waals surface area contributed by atoms with Crippen molar-refractivity contribution in [2.75, 3.05) is 5.32 Å². The molecule has 0 saturated heterocycles. The first kappa shape index (κ1) is 19.5. The molecule has 27 heavy (non-hydrogen) atoms. The third kappa shape index (κ3) is 4.92. The number of nitrogens with zero attached hydrogens (tertiary/aromatic N) is 4. The first-order chi connectivity index (χ1) is 13.1. The second kappa shape index (κ2) is 9.09. The Morgan fingerprint density at radius 3 is 2.93 bits per heavy atom. The lowest BCUT2D eigenvalue weighted by Gasteiger charge is -2.07. The Morgan fingerprint density at radius 2 is 2.19 bits per heavy atom. The normalized spacial score (nSPS) is 10.9. The summed E-state index contributed by atoms with van der Waals surface area (Å²) in [4.78, 5) is 17.1. The van der Waals surface area contributed by atoms with Crippen LogP contribution in [0.3, 0.4) is 0 Å². The SMILES string of the molecule is CCCCc1nnc(NC(=O)c2cccnc2SCc2c(C)noc2C)s1. The monoisotopic (exact) mass is 403 g/mol. The number of amides is 1. The number of aromatic nitrogens is 4. The van der Waals surface area contributed by atoms with E-state index in [0.29, 0.717) is 21.5 Å². The van der Waals surface area contributed by atoms with Crippen LogP contribution in [0.4, 0.5) is 5.13 Å². The molecular weight excluding hydrogens is 382 g/mol. The van der Waals surface area contributed by atoms with Gasteiger partial charge in [-0.1, -0.05) is 29.8 Å². The molecule has 9 heteroatoms. The number of carbonyl (C=O) groups excluding carboxylic acids is 1. The number of thioether (sulfide) groups is 1. The van der Waals surface area contributed by atoms with E-state index in [2.05, 4.69) is 32.6 Å². The van der Waals surface area contributed by atoms with Gasteiger partial charge in [0.25, 0.3) is 5.91 Å². The molecule has 0 aromatic carbocycles. The maximum atomic E-state index is 12.7. The molecule has 0 unspecified atom stereocenters. The zero-order valence-electron chi connectivity index (χ0n) is 15.5. The van der Waals surface area contributed by atoms with Crippen LogP contribution in [0, 0.1) is 13.8 Å². The summed E-state index contributed by atoms with van der Waals surface area (Å²) in [6.45, 7) is 5.92. The molecule has 7 nitrogen and oxygen atoms in total. The highest BCUT2D eigenvalue weighted by molar-refractivity contribution is 7.98. The van der Waals surface area contributed by atoms with Gasteiger partial charge >= 0.3 is 0 Å². The molecule has 1 N–H and O–H groups in total. The first-order valence-corrected chi connectivity index (χ1v) is 10.5. The van der Waals surface area contributed by atoms with Crippen LogP contribution in [-0.2, 0) is 12.2 Å². The van der Waals surface area contributed by atoms with Gasteiger partial charge in [0.1, 0.15) is 15.8 Å². The molecule has 0 fully saturated rings. The number of carbonyl (C=O) groups is 1. The second-order valence-corrected chi connectivity index (χ2v) is 8.03. The Morgan fingerprint density at radius 1 is 1.33 bits per heavy atom. The Hall–Kier alpha value is -2.26. The summed E-state index contributed by atoms with van der Waals surface area (Å²) in [5, 5.41) is 17.1. The fourth-order valence-corrected chi connectivity index (χ4v) is 4.35. The predicted molar refractivity (Wildman–Crippen MR) is 106 cm³/mol. The number of hydrogen-bond acceptors (Lipinski definition) is 8. The van der Waals surface area contributed by atoms with Crippen LogP contribution in [0.2, 0.25) is 0 Å². The summed E-state index contributed by atoms with van der Waals surface area (Å²) in [5.74, 6) is 1.19. The van der Waals surface area contributed by atoms with Gasteiger partial charge in [-0.25, -0.2) is 4.98 Å². The molecule has 3 rings (SSSR count). The van der Waals surface area contributed by atoms with Crippen molar-refractivity contribution in [3.8, 4) is 0 Å². The fraction of sp³-hybridized carbons (Fsp3) is 0.389. The van der Waals surface area contributed by atoms with Crippen molar-refractivity contribution >= 4 is 34.1 Å². The Kier molecular flexibility index (Phi) is 6.57. The molecule has 3 heterocycles. The number of aryl methyl sites for hydroxylation is 3. The van der Waals surface area contributed by atoms with Gasteiger partial charge in [-0.15, -0.1) is 22.0 Å². The number of rotatable bonds is 8. The average Bonchev–Trinajstić information content (AvgIpc) is 3.25. The van der Waals surface area contributed by atoms with E-state index in [0.717, 1.165) is 41.3 Å². The van der Waals surface area contributed by atoms with E-state index >= 15 is 0 Å². The van der Waals surface area contributed by atoms with Gasteiger partial charge in [0, 0.05) is 23.9 Å². The molecule has 0 aliphatic carbocycles. The highest BCUT2D eigenvalue weighted by atomic mass is 32.2. The lowest BCUT2D eigenvalue weighted by molar-refractivity contribution is 0.102. The molecule has 0 radical (unpaired) electrons. The molecule has 0 bridgehead atoms. The minimum absolute atomic E-state index is 0.234. The molecular formula is C18H21N5O2S2. The van der Waals surface area contributed by atoms with E-state index in [1.165, 1.54) is 23.1 Å². The van der Waals surface area contributed by atoms with Gasteiger partial charge in [0.15, 0.2) is 0 Å². The average molecular weight is 404 g/mol. The van der Waals surface area contributed by atoms with E-state index in [-0.39, 0.29) is 5.91 Å². The molecule has 3 aromatic rings. The van der Waals surface area contributed by atoms with Gasteiger partial charge in [0.05, 0.1) is 11.3 Å². The van der Waals surface area contributed by atoms with Crippen molar-refractivity contribution in [1.29, 1.82) is 0 Å². The van der Waals surface area contributed by atoms with Crippen LogP contribution in [0.5, 0.6) is 0 Å². The Bertz CT molecular complexity index is 903. The summed E-state index contributed by atoms with van der Waals surface area (Å²) < 4.78 is 5.19. The summed E-state index contributed by atoms with van der Waals surface area (Å²) in [5.41, 5.74) is 2.40. The second-order valence-electron chi connectivity index (χ2n) is 6.01. The van der Waals surface area contributed by atoms with Crippen LogP contribution in [0.1, 0.15) is 52.1 Å². The van der Waals surface area contributed by atoms with E-state index in [9.17, 15) is 4.79 Å². The minimum Gasteiger partial charge on any atom is -0.361 e. The molecule has 0 saturated carbocycles. The van der Waals surface area contributed by atoms with E-state index in [1.807, 2.05) is 13.8 Å². The van der Waals surface area contributed by atoms with Crippen LogP contribution < -0.4 is 5.32 Å². The number of pyridine rings is 1. The van der Waals surface area contributed by atoms with Crippen molar-refractivity contribution in [3.63, 3.8) is 0 Å². The highest BCUT2D eigenvalue weighted by Gasteiger charge is 2.17. The van der Waals surface area contributed by atoms with Crippen LogP contribution in [0.15, 0.2) is 27.9 Å². The van der Waals surface area contributed by atoms with Crippen molar-refractivity contribution < 1.29 is 9.32 Å². The van der Waals surface area contributed by atoms with Gasteiger partial charge < -0.3 is 4.52 Å². The lowest BCUT2D eigenvalue weighted by Crippen LogP contribution is -2.13. The topological polar surface area (TPSA) is 93.8 Å². The number of nitrogens with one attached hydrogen (secondary N) is 1. The van der Waals surface area contributed by atoms with Gasteiger partial charge in [-0.05, 0) is 32.4 Å².